The van der Waals surface area contributed by atoms with E-state index in [-0.39, 0.29) is 5.69 Å². The molecule has 1 aromatic rings. The Labute approximate surface area is 93.5 Å². The van der Waals surface area contributed by atoms with Gasteiger partial charge in [0.05, 0.1) is 16.9 Å². The maximum absolute atomic E-state index is 11.1. The summed E-state index contributed by atoms with van der Waals surface area (Å²) in [6.07, 6.45) is 1.04. The molecule has 0 bridgehead atoms. The molecule has 0 fully saturated rings. The van der Waals surface area contributed by atoms with E-state index in [0.717, 1.165) is 6.26 Å². The van der Waals surface area contributed by atoms with E-state index in [2.05, 4.69) is 4.72 Å². The monoisotopic (exact) mass is 244 g/mol. The summed E-state index contributed by atoms with van der Waals surface area (Å²) in [7, 11) is -3.38. The van der Waals surface area contributed by atoms with Crippen LogP contribution in [-0.2, 0) is 10.0 Å². The molecule has 0 aliphatic heterocycles. The van der Waals surface area contributed by atoms with Crippen molar-refractivity contribution in [1.29, 1.82) is 0 Å². The molecule has 1 aromatic carbocycles. The molecule has 0 radical (unpaired) electrons. The molecule has 1 rings (SSSR count). The number of non-ortho nitro benzene ring substituents is 1. The van der Waals surface area contributed by atoms with E-state index in [4.69, 9.17) is 0 Å². The zero-order chi connectivity index (χ0) is 12.5. The molecular formula is C9H12N2O4S. The van der Waals surface area contributed by atoms with Gasteiger partial charge in [-0.15, -0.1) is 0 Å². The van der Waals surface area contributed by atoms with Gasteiger partial charge in [0.1, 0.15) is 0 Å². The first kappa shape index (κ1) is 12.4. The minimum absolute atomic E-state index is 0.0472. The highest BCUT2D eigenvalue weighted by atomic mass is 32.2. The molecule has 0 aliphatic carbocycles. The normalized spacial score (nSPS) is 11.2. The van der Waals surface area contributed by atoms with Gasteiger partial charge in [0.15, 0.2) is 0 Å². The smallest absolute Gasteiger partial charge is 0.270 e. The molecule has 0 amide bonds. The van der Waals surface area contributed by atoms with Gasteiger partial charge in [-0.2, -0.15) is 0 Å². The topological polar surface area (TPSA) is 89.3 Å². The predicted molar refractivity (Wildman–Crippen MR) is 61.0 cm³/mol. The lowest BCUT2D eigenvalue weighted by molar-refractivity contribution is -0.384. The van der Waals surface area contributed by atoms with Gasteiger partial charge in [-0.05, 0) is 25.0 Å². The molecular weight excluding hydrogens is 232 g/mol. The van der Waals surface area contributed by atoms with Crippen LogP contribution in [-0.4, -0.2) is 19.6 Å². The molecule has 6 nitrogen and oxygen atoms in total. The van der Waals surface area contributed by atoms with Gasteiger partial charge in [0.2, 0.25) is 10.0 Å². The number of rotatable bonds is 3. The van der Waals surface area contributed by atoms with Crippen LogP contribution in [0.3, 0.4) is 0 Å². The van der Waals surface area contributed by atoms with Crippen molar-refractivity contribution in [2.45, 2.75) is 13.8 Å². The Morgan fingerprint density at radius 1 is 1.25 bits per heavy atom. The summed E-state index contributed by atoms with van der Waals surface area (Å²) < 4.78 is 24.5. The van der Waals surface area contributed by atoms with Crippen molar-refractivity contribution in [3.8, 4) is 0 Å². The zero-order valence-corrected chi connectivity index (χ0v) is 9.96. The van der Waals surface area contributed by atoms with E-state index in [1.165, 1.54) is 12.1 Å². The molecule has 7 heteroatoms. The number of benzene rings is 1. The Balaban J connectivity index is 3.28. The van der Waals surface area contributed by atoms with Gasteiger partial charge in [-0.1, -0.05) is 0 Å². The molecule has 1 N–H and O–H groups in total. The van der Waals surface area contributed by atoms with E-state index in [0.29, 0.717) is 16.8 Å². The van der Waals surface area contributed by atoms with Crippen LogP contribution in [0.5, 0.6) is 0 Å². The third-order valence-electron chi connectivity index (χ3n) is 2.02. The lowest BCUT2D eigenvalue weighted by Gasteiger charge is -2.10. The number of aryl methyl sites for hydroxylation is 2. The number of anilines is 1. The number of nitro benzene ring substituents is 1. The van der Waals surface area contributed by atoms with E-state index >= 15 is 0 Å². The second kappa shape index (κ2) is 4.09. The van der Waals surface area contributed by atoms with Crippen LogP contribution in [0, 0.1) is 24.0 Å². The highest BCUT2D eigenvalue weighted by Crippen LogP contribution is 2.26. The van der Waals surface area contributed by atoms with Crippen molar-refractivity contribution in [2.24, 2.45) is 0 Å². The molecule has 0 spiro atoms. The van der Waals surface area contributed by atoms with Crippen molar-refractivity contribution in [3.63, 3.8) is 0 Å². The third kappa shape index (κ3) is 2.93. The number of nitro groups is 1. The summed E-state index contributed by atoms with van der Waals surface area (Å²) in [5.41, 5.74) is 1.40. The van der Waals surface area contributed by atoms with Gasteiger partial charge < -0.3 is 0 Å². The second-order valence-electron chi connectivity index (χ2n) is 3.59. The first-order valence-corrected chi connectivity index (χ1v) is 6.33. The SMILES string of the molecule is Cc1cc([N+](=O)[O-])cc(C)c1NS(C)(=O)=O. The van der Waals surface area contributed by atoms with Gasteiger partial charge >= 0.3 is 0 Å². The van der Waals surface area contributed by atoms with Crippen LogP contribution >= 0.6 is 0 Å². The average Bonchev–Trinajstić information content (AvgIpc) is 2.09. The molecule has 0 heterocycles. The van der Waals surface area contributed by atoms with Crippen LogP contribution in [0.15, 0.2) is 12.1 Å². The van der Waals surface area contributed by atoms with Crippen molar-refractivity contribution in [3.05, 3.63) is 33.4 Å². The van der Waals surface area contributed by atoms with E-state index in [1.807, 2.05) is 0 Å². The van der Waals surface area contributed by atoms with Gasteiger partial charge in [0, 0.05) is 12.1 Å². The van der Waals surface area contributed by atoms with Gasteiger partial charge in [0.25, 0.3) is 5.69 Å². The molecule has 0 unspecified atom stereocenters. The highest BCUT2D eigenvalue weighted by molar-refractivity contribution is 7.92. The Kier molecular flexibility index (Phi) is 3.18. The number of sulfonamides is 1. The summed E-state index contributed by atoms with van der Waals surface area (Å²) in [5, 5.41) is 10.6. The fourth-order valence-electron chi connectivity index (χ4n) is 1.39. The first-order valence-electron chi connectivity index (χ1n) is 4.44. The Bertz CT molecular complexity index is 513. The summed E-state index contributed by atoms with van der Waals surface area (Å²) in [6.45, 7) is 3.24. The van der Waals surface area contributed by atoms with Crippen molar-refractivity contribution < 1.29 is 13.3 Å². The Hall–Kier alpha value is -1.63. The molecule has 0 saturated carbocycles. The fourth-order valence-corrected chi connectivity index (χ4v) is 2.09. The standard InChI is InChI=1S/C9H12N2O4S/c1-6-4-8(11(12)13)5-7(2)9(6)10-16(3,14)15/h4-5,10H,1-3H3. The number of hydrogen-bond donors (Lipinski definition) is 1. The summed E-state index contributed by atoms with van der Waals surface area (Å²) in [6, 6.07) is 2.67. The molecule has 0 atom stereocenters. The number of hydrogen-bond acceptors (Lipinski definition) is 4. The van der Waals surface area contributed by atoms with Crippen LogP contribution in [0.1, 0.15) is 11.1 Å². The van der Waals surface area contributed by atoms with Crippen molar-refractivity contribution in [1.82, 2.24) is 0 Å². The van der Waals surface area contributed by atoms with E-state index in [9.17, 15) is 18.5 Å². The van der Waals surface area contributed by atoms with Crippen LogP contribution < -0.4 is 4.72 Å². The van der Waals surface area contributed by atoms with Crippen LogP contribution in [0.4, 0.5) is 11.4 Å². The summed E-state index contributed by atoms with van der Waals surface area (Å²) in [4.78, 5) is 10.1. The summed E-state index contributed by atoms with van der Waals surface area (Å²) >= 11 is 0. The molecule has 0 aliphatic rings. The zero-order valence-electron chi connectivity index (χ0n) is 9.14. The third-order valence-corrected chi connectivity index (χ3v) is 2.59. The fraction of sp³-hybridized carbons (Fsp3) is 0.333. The van der Waals surface area contributed by atoms with E-state index < -0.39 is 14.9 Å². The maximum atomic E-state index is 11.1. The van der Waals surface area contributed by atoms with Crippen LogP contribution in [0.25, 0.3) is 0 Å². The average molecular weight is 244 g/mol. The maximum Gasteiger partial charge on any atom is 0.270 e. The number of nitrogens with one attached hydrogen (secondary N) is 1. The number of nitrogens with zero attached hydrogens (tertiary/aromatic N) is 1. The molecule has 0 aromatic heterocycles. The summed E-state index contributed by atoms with van der Waals surface area (Å²) in [5.74, 6) is 0. The molecule has 16 heavy (non-hydrogen) atoms. The molecule has 0 saturated heterocycles. The van der Waals surface area contributed by atoms with Crippen LogP contribution in [0.2, 0.25) is 0 Å². The van der Waals surface area contributed by atoms with E-state index in [1.54, 1.807) is 13.8 Å². The first-order chi connectivity index (χ1) is 7.20. The minimum Gasteiger partial charge on any atom is -0.283 e. The highest BCUT2D eigenvalue weighted by Gasteiger charge is 2.14. The lowest BCUT2D eigenvalue weighted by Crippen LogP contribution is -2.12. The lowest BCUT2D eigenvalue weighted by atomic mass is 10.1. The molecule has 88 valence electrons. The second-order valence-corrected chi connectivity index (χ2v) is 5.33. The van der Waals surface area contributed by atoms with Gasteiger partial charge in [-0.3, -0.25) is 14.8 Å². The van der Waals surface area contributed by atoms with Crippen molar-refractivity contribution >= 4 is 21.4 Å². The predicted octanol–water partition coefficient (Wildman–Crippen LogP) is 1.58. The van der Waals surface area contributed by atoms with Gasteiger partial charge in [-0.25, -0.2) is 8.42 Å². The Morgan fingerprint density at radius 3 is 2.00 bits per heavy atom. The van der Waals surface area contributed by atoms with Crippen molar-refractivity contribution in [2.75, 3.05) is 11.0 Å². The Morgan fingerprint density at radius 2 is 1.69 bits per heavy atom. The largest absolute Gasteiger partial charge is 0.283 e. The minimum atomic E-state index is -3.38. The quantitative estimate of drug-likeness (QED) is 0.645.